The summed E-state index contributed by atoms with van der Waals surface area (Å²) >= 11 is 0. The molecular weight excluding hydrogens is 324 g/mol. The minimum absolute atomic E-state index is 0.0739. The molecule has 1 unspecified atom stereocenters. The van der Waals surface area contributed by atoms with Crippen molar-refractivity contribution in [3.63, 3.8) is 0 Å². The number of rotatable bonds is 4. The number of ketones is 1. The van der Waals surface area contributed by atoms with Crippen LogP contribution < -0.4 is 5.32 Å². The predicted octanol–water partition coefficient (Wildman–Crippen LogP) is 4.20. The summed E-state index contributed by atoms with van der Waals surface area (Å²) < 4.78 is 2.02. The van der Waals surface area contributed by atoms with Crippen LogP contribution in [0.15, 0.2) is 30.7 Å². The Balaban J connectivity index is 1.60. The van der Waals surface area contributed by atoms with Gasteiger partial charge in [-0.05, 0) is 50.7 Å². The molecule has 0 spiro atoms. The summed E-state index contributed by atoms with van der Waals surface area (Å²) in [7, 11) is 0. The van der Waals surface area contributed by atoms with Gasteiger partial charge >= 0.3 is 0 Å². The Morgan fingerprint density at radius 2 is 2.08 bits per heavy atom. The van der Waals surface area contributed by atoms with Gasteiger partial charge in [0.25, 0.3) is 0 Å². The first-order chi connectivity index (χ1) is 12.5. The minimum atomic E-state index is -0.0739. The van der Waals surface area contributed by atoms with Crippen LogP contribution in [-0.4, -0.2) is 26.6 Å². The Morgan fingerprint density at radius 3 is 2.81 bits per heavy atom. The molecule has 5 heteroatoms. The summed E-state index contributed by atoms with van der Waals surface area (Å²) in [5.41, 5.74) is 1.58. The lowest BCUT2D eigenvalue weighted by Crippen LogP contribution is -2.45. The molecule has 1 N–H and O–H groups in total. The maximum Gasteiger partial charge on any atom is 0.172 e. The SMILES string of the molecule is CC1(C)CC(C2CCCCC2)Nc2c(C(=O)Cc3cccnc3)cnn21. The molecule has 26 heavy (non-hydrogen) atoms. The highest BCUT2D eigenvalue weighted by Gasteiger charge is 2.39. The lowest BCUT2D eigenvalue weighted by molar-refractivity contribution is 0.0993. The van der Waals surface area contributed by atoms with Crippen molar-refractivity contribution >= 4 is 11.6 Å². The number of hydrogen-bond acceptors (Lipinski definition) is 4. The fourth-order valence-corrected chi connectivity index (χ4v) is 4.61. The summed E-state index contributed by atoms with van der Waals surface area (Å²) in [4.78, 5) is 17.0. The molecule has 1 fully saturated rings. The minimum Gasteiger partial charge on any atom is -0.367 e. The van der Waals surface area contributed by atoms with E-state index in [-0.39, 0.29) is 11.3 Å². The van der Waals surface area contributed by atoms with E-state index in [1.165, 1.54) is 32.1 Å². The van der Waals surface area contributed by atoms with Crippen molar-refractivity contribution in [3.05, 3.63) is 41.9 Å². The van der Waals surface area contributed by atoms with E-state index in [1.54, 1.807) is 18.6 Å². The van der Waals surface area contributed by atoms with Gasteiger partial charge in [0.2, 0.25) is 0 Å². The van der Waals surface area contributed by atoms with Crippen LogP contribution in [0, 0.1) is 5.92 Å². The molecule has 1 saturated carbocycles. The number of hydrogen-bond donors (Lipinski definition) is 1. The molecule has 2 aromatic heterocycles. The number of fused-ring (bicyclic) bond motifs is 1. The van der Waals surface area contributed by atoms with Crippen LogP contribution in [0.5, 0.6) is 0 Å². The highest BCUT2D eigenvalue weighted by molar-refractivity contribution is 6.01. The maximum atomic E-state index is 12.9. The third kappa shape index (κ3) is 3.27. The van der Waals surface area contributed by atoms with Gasteiger partial charge in [-0.1, -0.05) is 25.3 Å². The molecule has 5 nitrogen and oxygen atoms in total. The molecule has 1 atom stereocenters. The molecule has 1 aliphatic heterocycles. The van der Waals surface area contributed by atoms with Crippen LogP contribution in [0.3, 0.4) is 0 Å². The molecule has 3 heterocycles. The molecule has 0 aromatic carbocycles. The molecular formula is C21H28N4O. The predicted molar refractivity (Wildman–Crippen MR) is 102 cm³/mol. The Labute approximate surface area is 155 Å². The van der Waals surface area contributed by atoms with Gasteiger partial charge in [-0.3, -0.25) is 9.78 Å². The average Bonchev–Trinajstić information content (AvgIpc) is 3.08. The highest BCUT2D eigenvalue weighted by atomic mass is 16.1. The van der Waals surface area contributed by atoms with Crippen molar-refractivity contribution < 1.29 is 4.79 Å². The van der Waals surface area contributed by atoms with Gasteiger partial charge in [-0.25, -0.2) is 4.68 Å². The van der Waals surface area contributed by atoms with E-state index in [0.717, 1.165) is 17.8 Å². The normalized spacial score (nSPS) is 22.5. The molecule has 0 amide bonds. The number of aromatic nitrogens is 3. The van der Waals surface area contributed by atoms with Crippen molar-refractivity contribution in [3.8, 4) is 0 Å². The van der Waals surface area contributed by atoms with Crippen molar-refractivity contribution in [2.75, 3.05) is 5.32 Å². The monoisotopic (exact) mass is 352 g/mol. The summed E-state index contributed by atoms with van der Waals surface area (Å²) in [6.45, 7) is 4.46. The van der Waals surface area contributed by atoms with Gasteiger partial charge in [0.1, 0.15) is 5.82 Å². The quantitative estimate of drug-likeness (QED) is 0.838. The first-order valence-corrected chi connectivity index (χ1v) is 9.82. The zero-order valence-corrected chi connectivity index (χ0v) is 15.7. The maximum absolute atomic E-state index is 12.9. The van der Waals surface area contributed by atoms with Crippen LogP contribution in [0.1, 0.15) is 68.3 Å². The van der Waals surface area contributed by atoms with E-state index in [9.17, 15) is 4.79 Å². The first-order valence-electron chi connectivity index (χ1n) is 9.82. The summed E-state index contributed by atoms with van der Waals surface area (Å²) in [6, 6.07) is 4.25. The van der Waals surface area contributed by atoms with Crippen LogP contribution in [0.2, 0.25) is 0 Å². The number of nitrogens with one attached hydrogen (secondary N) is 1. The van der Waals surface area contributed by atoms with E-state index in [4.69, 9.17) is 0 Å². The second kappa shape index (κ2) is 6.86. The first kappa shape index (κ1) is 17.3. The smallest absolute Gasteiger partial charge is 0.172 e. The molecule has 138 valence electrons. The fraction of sp³-hybridized carbons (Fsp3) is 0.571. The van der Waals surface area contributed by atoms with Gasteiger partial charge in [0, 0.05) is 24.9 Å². The van der Waals surface area contributed by atoms with Crippen LogP contribution in [0.25, 0.3) is 0 Å². The molecule has 1 aliphatic carbocycles. The van der Waals surface area contributed by atoms with E-state index in [1.807, 2.05) is 16.8 Å². The highest BCUT2D eigenvalue weighted by Crippen LogP contribution is 2.39. The Morgan fingerprint density at radius 1 is 1.27 bits per heavy atom. The molecule has 2 aromatic rings. The average molecular weight is 352 g/mol. The van der Waals surface area contributed by atoms with Gasteiger partial charge in [0.15, 0.2) is 5.78 Å². The van der Waals surface area contributed by atoms with Gasteiger partial charge in [0.05, 0.1) is 17.3 Å². The lowest BCUT2D eigenvalue weighted by atomic mass is 9.78. The van der Waals surface area contributed by atoms with Crippen LogP contribution >= 0.6 is 0 Å². The molecule has 0 saturated heterocycles. The lowest BCUT2D eigenvalue weighted by Gasteiger charge is -2.42. The third-order valence-electron chi connectivity index (χ3n) is 5.99. The Hall–Kier alpha value is -2.17. The van der Waals surface area contributed by atoms with Gasteiger partial charge in [-0.15, -0.1) is 0 Å². The van der Waals surface area contributed by atoms with E-state index >= 15 is 0 Å². The number of pyridine rings is 1. The van der Waals surface area contributed by atoms with E-state index < -0.39 is 0 Å². The van der Waals surface area contributed by atoms with Crippen molar-refractivity contribution in [2.45, 2.75) is 70.4 Å². The number of Topliss-reactive ketones (excluding diaryl/α,β-unsaturated/α-hetero) is 1. The summed E-state index contributed by atoms with van der Waals surface area (Å²) in [5.74, 6) is 1.71. The van der Waals surface area contributed by atoms with Crippen molar-refractivity contribution in [2.24, 2.45) is 5.92 Å². The third-order valence-corrected chi connectivity index (χ3v) is 5.99. The zero-order valence-electron chi connectivity index (χ0n) is 15.7. The molecule has 0 radical (unpaired) electrons. The zero-order chi connectivity index (χ0) is 18.1. The van der Waals surface area contributed by atoms with E-state index in [0.29, 0.717) is 23.9 Å². The Bertz CT molecular complexity index is 775. The second-order valence-corrected chi connectivity index (χ2v) is 8.45. The van der Waals surface area contributed by atoms with Crippen molar-refractivity contribution in [1.82, 2.24) is 14.8 Å². The number of anilines is 1. The summed E-state index contributed by atoms with van der Waals surface area (Å²) in [6.07, 6.45) is 13.3. The molecule has 2 aliphatic rings. The topological polar surface area (TPSA) is 59.8 Å². The standard InChI is InChI=1S/C21H28N4O/c1-21(2)12-18(16-8-4-3-5-9-16)24-20-17(14-23-25(20)21)19(26)11-15-7-6-10-22-13-15/h6-7,10,13-14,16,18,24H,3-5,8-9,11-12H2,1-2H3. The number of carbonyl (C=O) groups is 1. The van der Waals surface area contributed by atoms with Crippen molar-refractivity contribution in [1.29, 1.82) is 0 Å². The van der Waals surface area contributed by atoms with Gasteiger partial charge < -0.3 is 5.32 Å². The van der Waals surface area contributed by atoms with Crippen LogP contribution in [0.4, 0.5) is 5.82 Å². The van der Waals surface area contributed by atoms with Gasteiger partial charge in [-0.2, -0.15) is 5.10 Å². The number of carbonyl (C=O) groups excluding carboxylic acids is 1. The number of nitrogens with zero attached hydrogens (tertiary/aromatic N) is 3. The molecule has 4 rings (SSSR count). The molecule has 0 bridgehead atoms. The Kier molecular flexibility index (Phi) is 4.55. The summed E-state index contributed by atoms with van der Waals surface area (Å²) in [5, 5.41) is 8.27. The largest absolute Gasteiger partial charge is 0.367 e. The van der Waals surface area contributed by atoms with Crippen LogP contribution in [-0.2, 0) is 12.0 Å². The second-order valence-electron chi connectivity index (χ2n) is 8.45. The van der Waals surface area contributed by atoms with E-state index in [2.05, 4.69) is 29.2 Å². The fourth-order valence-electron chi connectivity index (χ4n) is 4.61.